The molecule has 2 N–H and O–H groups in total. The number of carbonyl (C=O) groups is 1. The summed E-state index contributed by atoms with van der Waals surface area (Å²) in [5, 5.41) is 3.12. The summed E-state index contributed by atoms with van der Waals surface area (Å²) in [7, 11) is 1.98. The molecule has 0 amide bonds. The van der Waals surface area contributed by atoms with Crippen LogP contribution in [0.15, 0.2) is 23.6 Å². The zero-order chi connectivity index (χ0) is 14.0. The highest BCUT2D eigenvalue weighted by Gasteiger charge is 2.09. The van der Waals surface area contributed by atoms with Crippen LogP contribution in [-0.2, 0) is 6.54 Å². The fourth-order valence-electron chi connectivity index (χ4n) is 1.92. The smallest absolute Gasteiger partial charge is 0.161 e. The number of nitrogens with zero attached hydrogens (tertiary/aromatic N) is 2. The van der Waals surface area contributed by atoms with Crippen molar-refractivity contribution in [2.75, 3.05) is 17.7 Å². The van der Waals surface area contributed by atoms with Crippen LogP contribution in [-0.4, -0.2) is 17.8 Å². The van der Waals surface area contributed by atoms with Gasteiger partial charge in [0.25, 0.3) is 0 Å². The normalized spacial score (nSPS) is 10.5. The van der Waals surface area contributed by atoms with Crippen LogP contribution in [0.5, 0.6) is 0 Å². The van der Waals surface area contributed by atoms with Crippen LogP contribution in [0.25, 0.3) is 0 Å². The van der Waals surface area contributed by atoms with Crippen molar-refractivity contribution in [2.24, 2.45) is 0 Å². The molecule has 19 heavy (non-hydrogen) atoms. The Bertz CT molecular complexity index is 606. The van der Waals surface area contributed by atoms with E-state index in [1.807, 2.05) is 26.1 Å². The van der Waals surface area contributed by atoms with Crippen LogP contribution >= 0.6 is 11.3 Å². The van der Waals surface area contributed by atoms with Gasteiger partial charge in [0.15, 0.2) is 5.78 Å². The second-order valence-corrected chi connectivity index (χ2v) is 5.60. The van der Waals surface area contributed by atoms with Crippen molar-refractivity contribution in [3.05, 3.63) is 39.8 Å². The van der Waals surface area contributed by atoms with E-state index in [9.17, 15) is 4.79 Å². The van der Waals surface area contributed by atoms with E-state index < -0.39 is 0 Å². The predicted octanol–water partition coefficient (Wildman–Crippen LogP) is 2.87. The van der Waals surface area contributed by atoms with E-state index in [2.05, 4.69) is 15.3 Å². The lowest BCUT2D eigenvalue weighted by Gasteiger charge is -2.19. The molecule has 0 radical (unpaired) electrons. The number of rotatable bonds is 4. The first-order valence-electron chi connectivity index (χ1n) is 6.00. The zero-order valence-electron chi connectivity index (χ0n) is 11.3. The van der Waals surface area contributed by atoms with Gasteiger partial charge in [-0.1, -0.05) is 0 Å². The van der Waals surface area contributed by atoms with Gasteiger partial charge in [-0.2, -0.15) is 0 Å². The first-order valence-corrected chi connectivity index (χ1v) is 6.88. The van der Waals surface area contributed by atoms with Gasteiger partial charge in [0.05, 0.1) is 17.2 Å². The van der Waals surface area contributed by atoms with E-state index in [1.54, 1.807) is 17.4 Å². The van der Waals surface area contributed by atoms with Gasteiger partial charge < -0.3 is 10.6 Å². The van der Waals surface area contributed by atoms with E-state index >= 15 is 0 Å². The molecular weight excluding hydrogens is 258 g/mol. The summed E-state index contributed by atoms with van der Waals surface area (Å²) >= 11 is 1.64. The predicted molar refractivity (Wildman–Crippen MR) is 79.8 cm³/mol. The Kier molecular flexibility index (Phi) is 3.85. The number of hydrogen-bond donors (Lipinski definition) is 1. The van der Waals surface area contributed by atoms with Crippen LogP contribution in [0.3, 0.4) is 0 Å². The summed E-state index contributed by atoms with van der Waals surface area (Å²) in [6.07, 6.45) is 0. The zero-order valence-corrected chi connectivity index (χ0v) is 12.1. The molecule has 0 bridgehead atoms. The van der Waals surface area contributed by atoms with E-state index in [1.165, 1.54) is 6.92 Å². The molecule has 0 fully saturated rings. The minimum Gasteiger partial charge on any atom is -0.398 e. The summed E-state index contributed by atoms with van der Waals surface area (Å²) in [5.74, 6) is -0.0122. The Morgan fingerprint density at radius 2 is 2.21 bits per heavy atom. The topological polar surface area (TPSA) is 59.2 Å². The first-order chi connectivity index (χ1) is 8.97. The summed E-state index contributed by atoms with van der Waals surface area (Å²) < 4.78 is 0. The number of ketones is 1. The molecule has 0 saturated heterocycles. The number of aromatic nitrogens is 1. The Hall–Kier alpha value is -1.88. The summed E-state index contributed by atoms with van der Waals surface area (Å²) in [6.45, 7) is 4.24. The highest BCUT2D eigenvalue weighted by Crippen LogP contribution is 2.22. The van der Waals surface area contributed by atoms with Gasteiger partial charge in [-0.25, -0.2) is 4.98 Å². The highest BCUT2D eigenvalue weighted by molar-refractivity contribution is 7.09. The summed E-state index contributed by atoms with van der Waals surface area (Å²) in [5.41, 5.74) is 9.01. The lowest BCUT2D eigenvalue weighted by atomic mass is 10.1. The van der Waals surface area contributed by atoms with E-state index in [0.717, 1.165) is 22.9 Å². The van der Waals surface area contributed by atoms with Crippen molar-refractivity contribution in [2.45, 2.75) is 20.4 Å². The van der Waals surface area contributed by atoms with Crippen molar-refractivity contribution >= 4 is 28.5 Å². The second-order valence-electron chi connectivity index (χ2n) is 4.54. The van der Waals surface area contributed by atoms with Gasteiger partial charge in [-0.15, -0.1) is 11.3 Å². The molecule has 0 saturated carbocycles. The fraction of sp³-hybridized carbons (Fsp3) is 0.286. The Labute approximate surface area is 116 Å². The molecule has 2 aromatic rings. The van der Waals surface area contributed by atoms with Gasteiger partial charge >= 0.3 is 0 Å². The van der Waals surface area contributed by atoms with Crippen molar-refractivity contribution in [1.29, 1.82) is 0 Å². The molecular formula is C14H17N3OS. The number of hydrogen-bond acceptors (Lipinski definition) is 5. The maximum absolute atomic E-state index is 11.3. The number of nitrogen functional groups attached to an aromatic ring is 1. The fourth-order valence-corrected chi connectivity index (χ4v) is 2.53. The van der Waals surface area contributed by atoms with Gasteiger partial charge in [0, 0.05) is 29.4 Å². The van der Waals surface area contributed by atoms with Crippen molar-refractivity contribution < 1.29 is 4.79 Å². The lowest BCUT2D eigenvalue weighted by molar-refractivity contribution is 0.101. The molecule has 1 aromatic heterocycles. The van der Waals surface area contributed by atoms with Crippen molar-refractivity contribution in [3.8, 4) is 0 Å². The number of anilines is 2. The second kappa shape index (κ2) is 5.40. The lowest BCUT2D eigenvalue weighted by Crippen LogP contribution is -2.17. The first kappa shape index (κ1) is 13.5. The Morgan fingerprint density at radius 3 is 2.74 bits per heavy atom. The maximum Gasteiger partial charge on any atom is 0.161 e. The quantitative estimate of drug-likeness (QED) is 0.688. The van der Waals surface area contributed by atoms with Crippen molar-refractivity contribution in [1.82, 2.24) is 4.98 Å². The summed E-state index contributed by atoms with van der Waals surface area (Å²) in [6, 6.07) is 5.51. The molecule has 1 heterocycles. The molecule has 100 valence electrons. The molecule has 4 nitrogen and oxygen atoms in total. The standard InChI is InChI=1S/C14H17N3OS/c1-9(18)13-5-4-12(6-14(13)15)17(3)7-11-8-19-10(2)16-11/h4-6,8H,7,15H2,1-3H3. The monoisotopic (exact) mass is 275 g/mol. The number of carbonyl (C=O) groups excluding carboxylic acids is 1. The number of nitrogens with two attached hydrogens (primary N) is 1. The largest absolute Gasteiger partial charge is 0.398 e. The van der Waals surface area contributed by atoms with E-state index in [-0.39, 0.29) is 5.78 Å². The summed E-state index contributed by atoms with van der Waals surface area (Å²) in [4.78, 5) is 17.8. The third-order valence-electron chi connectivity index (χ3n) is 2.92. The number of aryl methyl sites for hydroxylation is 1. The van der Waals surface area contributed by atoms with Gasteiger partial charge in [-0.05, 0) is 32.0 Å². The molecule has 0 unspecified atom stereocenters. The van der Waals surface area contributed by atoms with Gasteiger partial charge in [0.1, 0.15) is 0 Å². The maximum atomic E-state index is 11.3. The number of thiazole rings is 1. The molecule has 0 aliphatic carbocycles. The number of benzene rings is 1. The van der Waals surface area contributed by atoms with E-state index in [0.29, 0.717) is 11.3 Å². The van der Waals surface area contributed by atoms with Crippen LogP contribution in [0.4, 0.5) is 11.4 Å². The Morgan fingerprint density at radius 1 is 1.47 bits per heavy atom. The molecule has 0 aliphatic heterocycles. The average molecular weight is 275 g/mol. The van der Waals surface area contributed by atoms with Crippen molar-refractivity contribution in [3.63, 3.8) is 0 Å². The van der Waals surface area contributed by atoms with Crippen LogP contribution in [0.1, 0.15) is 28.0 Å². The van der Waals surface area contributed by atoms with Crippen LogP contribution < -0.4 is 10.6 Å². The third-order valence-corrected chi connectivity index (χ3v) is 3.74. The van der Waals surface area contributed by atoms with E-state index in [4.69, 9.17) is 5.73 Å². The Balaban J connectivity index is 2.17. The molecule has 2 rings (SSSR count). The van der Waals surface area contributed by atoms with Gasteiger partial charge in [0.2, 0.25) is 0 Å². The van der Waals surface area contributed by atoms with Gasteiger partial charge in [-0.3, -0.25) is 4.79 Å². The minimum absolute atomic E-state index is 0.0122. The molecule has 0 atom stereocenters. The highest BCUT2D eigenvalue weighted by atomic mass is 32.1. The average Bonchev–Trinajstić information content (AvgIpc) is 2.74. The van der Waals surface area contributed by atoms with Crippen LogP contribution in [0, 0.1) is 6.92 Å². The molecule has 1 aromatic carbocycles. The minimum atomic E-state index is -0.0122. The molecule has 0 spiro atoms. The third kappa shape index (κ3) is 3.12. The molecule has 0 aliphatic rings. The SMILES string of the molecule is CC(=O)c1ccc(N(C)Cc2csc(C)n2)cc1N. The number of Topliss-reactive ketones (excluding diaryl/α,β-unsaturated/α-hetero) is 1. The molecule has 5 heteroatoms. The van der Waals surface area contributed by atoms with Crippen LogP contribution in [0.2, 0.25) is 0 Å².